The minimum absolute atomic E-state index is 0.0651. The lowest BCUT2D eigenvalue weighted by Crippen LogP contribution is -2.44. The second-order valence-electron chi connectivity index (χ2n) is 6.85. The van der Waals surface area contributed by atoms with Crippen LogP contribution >= 0.6 is 11.3 Å². The molecule has 0 atom stereocenters. The SMILES string of the molecule is CCCCCNC(=O)C1CCN(CC(=O)NCc2sccc2C)CC1. The molecule has 6 heteroatoms. The molecule has 140 valence electrons. The number of hydrogen-bond acceptors (Lipinski definition) is 4. The van der Waals surface area contributed by atoms with Crippen molar-refractivity contribution in [1.82, 2.24) is 15.5 Å². The first-order valence-electron chi connectivity index (χ1n) is 9.40. The molecule has 0 unspecified atom stereocenters. The summed E-state index contributed by atoms with van der Waals surface area (Å²) in [7, 11) is 0. The van der Waals surface area contributed by atoms with E-state index in [2.05, 4.69) is 40.8 Å². The molecule has 2 heterocycles. The monoisotopic (exact) mass is 365 g/mol. The van der Waals surface area contributed by atoms with Crippen LogP contribution in [0.1, 0.15) is 49.5 Å². The molecule has 0 bridgehead atoms. The average molecular weight is 366 g/mol. The van der Waals surface area contributed by atoms with Gasteiger partial charge in [0.15, 0.2) is 0 Å². The molecular formula is C19H31N3O2S. The van der Waals surface area contributed by atoms with E-state index in [1.54, 1.807) is 11.3 Å². The number of likely N-dealkylation sites (tertiary alicyclic amines) is 1. The Bertz CT molecular complexity index is 551. The second-order valence-corrected chi connectivity index (χ2v) is 7.85. The van der Waals surface area contributed by atoms with Crippen LogP contribution in [0.5, 0.6) is 0 Å². The van der Waals surface area contributed by atoms with Crippen LogP contribution in [0.3, 0.4) is 0 Å². The molecule has 2 rings (SSSR count). The molecule has 1 saturated heterocycles. The van der Waals surface area contributed by atoms with Crippen molar-refractivity contribution in [1.29, 1.82) is 0 Å². The van der Waals surface area contributed by atoms with Crippen molar-refractivity contribution < 1.29 is 9.59 Å². The van der Waals surface area contributed by atoms with Crippen LogP contribution in [0.25, 0.3) is 0 Å². The van der Waals surface area contributed by atoms with Gasteiger partial charge in [-0.05, 0) is 56.3 Å². The summed E-state index contributed by atoms with van der Waals surface area (Å²) in [6, 6.07) is 2.07. The first-order valence-corrected chi connectivity index (χ1v) is 10.3. The number of carbonyl (C=O) groups excluding carboxylic acids is 2. The van der Waals surface area contributed by atoms with Crippen molar-refractivity contribution in [3.05, 3.63) is 21.9 Å². The zero-order valence-electron chi connectivity index (χ0n) is 15.5. The molecule has 1 aromatic heterocycles. The third-order valence-corrected chi connectivity index (χ3v) is 5.84. The highest BCUT2D eigenvalue weighted by atomic mass is 32.1. The molecule has 1 aliphatic heterocycles. The Morgan fingerprint density at radius 1 is 1.24 bits per heavy atom. The van der Waals surface area contributed by atoms with Gasteiger partial charge < -0.3 is 10.6 Å². The quantitative estimate of drug-likeness (QED) is 0.662. The summed E-state index contributed by atoms with van der Waals surface area (Å²) in [5.74, 6) is 0.360. The number of nitrogens with zero attached hydrogens (tertiary/aromatic N) is 1. The van der Waals surface area contributed by atoms with Crippen molar-refractivity contribution in [2.75, 3.05) is 26.2 Å². The van der Waals surface area contributed by atoms with E-state index in [-0.39, 0.29) is 17.7 Å². The number of hydrogen-bond donors (Lipinski definition) is 2. The zero-order chi connectivity index (χ0) is 18.1. The van der Waals surface area contributed by atoms with E-state index < -0.39 is 0 Å². The maximum atomic E-state index is 12.1. The summed E-state index contributed by atoms with van der Waals surface area (Å²) < 4.78 is 0. The van der Waals surface area contributed by atoms with Gasteiger partial charge in [-0.2, -0.15) is 0 Å². The molecule has 0 saturated carbocycles. The van der Waals surface area contributed by atoms with Crippen LogP contribution in [0.4, 0.5) is 0 Å². The fourth-order valence-corrected chi connectivity index (χ4v) is 3.95. The van der Waals surface area contributed by atoms with Gasteiger partial charge in [-0.3, -0.25) is 14.5 Å². The fraction of sp³-hybridized carbons (Fsp3) is 0.684. The number of thiophene rings is 1. The number of amides is 2. The Hall–Kier alpha value is -1.40. The topological polar surface area (TPSA) is 61.4 Å². The normalized spacial score (nSPS) is 15.9. The van der Waals surface area contributed by atoms with Crippen LogP contribution in [0, 0.1) is 12.8 Å². The van der Waals surface area contributed by atoms with Gasteiger partial charge in [0.25, 0.3) is 0 Å². The lowest BCUT2D eigenvalue weighted by Gasteiger charge is -2.30. The van der Waals surface area contributed by atoms with Gasteiger partial charge in [0.05, 0.1) is 13.1 Å². The predicted octanol–water partition coefficient (Wildman–Crippen LogP) is 2.69. The first kappa shape index (κ1) is 19.9. The van der Waals surface area contributed by atoms with Crippen LogP contribution in [-0.2, 0) is 16.1 Å². The van der Waals surface area contributed by atoms with E-state index >= 15 is 0 Å². The second kappa shape index (κ2) is 10.6. The Kier molecular flexibility index (Phi) is 8.41. The van der Waals surface area contributed by atoms with Gasteiger partial charge in [-0.15, -0.1) is 11.3 Å². The molecule has 25 heavy (non-hydrogen) atoms. The molecule has 0 spiro atoms. The Labute approximate surface area is 155 Å². The van der Waals surface area contributed by atoms with Crippen molar-refractivity contribution >= 4 is 23.2 Å². The molecule has 0 aliphatic carbocycles. The van der Waals surface area contributed by atoms with Gasteiger partial charge in [0.2, 0.25) is 11.8 Å². The maximum Gasteiger partial charge on any atom is 0.234 e. The molecular weight excluding hydrogens is 334 g/mol. The van der Waals surface area contributed by atoms with E-state index in [0.717, 1.165) is 38.9 Å². The van der Waals surface area contributed by atoms with Gasteiger partial charge in [-0.25, -0.2) is 0 Å². The largest absolute Gasteiger partial charge is 0.356 e. The number of carbonyl (C=O) groups is 2. The van der Waals surface area contributed by atoms with Crippen molar-refractivity contribution in [3.63, 3.8) is 0 Å². The zero-order valence-corrected chi connectivity index (χ0v) is 16.3. The first-order chi connectivity index (χ1) is 12.1. The van der Waals surface area contributed by atoms with E-state index in [9.17, 15) is 9.59 Å². The van der Waals surface area contributed by atoms with E-state index in [0.29, 0.717) is 13.1 Å². The number of piperidine rings is 1. The van der Waals surface area contributed by atoms with Gasteiger partial charge >= 0.3 is 0 Å². The minimum atomic E-state index is 0.0651. The Morgan fingerprint density at radius 2 is 2.00 bits per heavy atom. The maximum absolute atomic E-state index is 12.1. The highest BCUT2D eigenvalue weighted by Crippen LogP contribution is 2.17. The summed E-state index contributed by atoms with van der Waals surface area (Å²) in [6.45, 7) is 7.69. The number of nitrogens with one attached hydrogen (secondary N) is 2. The third kappa shape index (κ3) is 6.78. The number of aryl methyl sites for hydroxylation is 1. The Morgan fingerprint density at radius 3 is 2.64 bits per heavy atom. The molecule has 2 N–H and O–H groups in total. The van der Waals surface area contributed by atoms with Crippen molar-refractivity contribution in [2.45, 2.75) is 52.5 Å². The number of rotatable bonds is 9. The van der Waals surface area contributed by atoms with Gasteiger partial charge in [0.1, 0.15) is 0 Å². The van der Waals surface area contributed by atoms with Crippen molar-refractivity contribution in [3.8, 4) is 0 Å². The van der Waals surface area contributed by atoms with E-state index in [1.807, 2.05) is 0 Å². The predicted molar refractivity (Wildman–Crippen MR) is 103 cm³/mol. The summed E-state index contributed by atoms with van der Waals surface area (Å²) in [4.78, 5) is 27.6. The summed E-state index contributed by atoms with van der Waals surface area (Å²) in [6.07, 6.45) is 5.08. The minimum Gasteiger partial charge on any atom is -0.356 e. The Balaban J connectivity index is 1.62. The highest BCUT2D eigenvalue weighted by molar-refractivity contribution is 7.10. The molecule has 1 fully saturated rings. The lowest BCUT2D eigenvalue weighted by atomic mass is 9.96. The smallest absolute Gasteiger partial charge is 0.234 e. The molecule has 5 nitrogen and oxygen atoms in total. The molecule has 1 aromatic rings. The lowest BCUT2D eigenvalue weighted by molar-refractivity contribution is -0.126. The molecule has 2 amide bonds. The molecule has 0 radical (unpaired) electrons. The van der Waals surface area contributed by atoms with Crippen molar-refractivity contribution in [2.24, 2.45) is 5.92 Å². The van der Waals surface area contributed by atoms with Crippen LogP contribution in [-0.4, -0.2) is 42.9 Å². The highest BCUT2D eigenvalue weighted by Gasteiger charge is 2.25. The van der Waals surface area contributed by atoms with Crippen LogP contribution < -0.4 is 10.6 Å². The summed E-state index contributed by atoms with van der Waals surface area (Å²) in [5.41, 5.74) is 1.23. The van der Waals surface area contributed by atoms with Gasteiger partial charge in [0, 0.05) is 17.3 Å². The third-order valence-electron chi connectivity index (χ3n) is 4.82. The molecule has 1 aliphatic rings. The molecule has 0 aromatic carbocycles. The van der Waals surface area contributed by atoms with E-state index in [4.69, 9.17) is 0 Å². The van der Waals surface area contributed by atoms with Crippen LogP contribution in [0.15, 0.2) is 11.4 Å². The fourth-order valence-electron chi connectivity index (χ4n) is 3.11. The average Bonchev–Trinajstić information content (AvgIpc) is 3.02. The van der Waals surface area contributed by atoms with E-state index in [1.165, 1.54) is 23.3 Å². The van der Waals surface area contributed by atoms with Crippen LogP contribution in [0.2, 0.25) is 0 Å². The standard InChI is InChI=1S/C19H31N3O2S/c1-3-4-5-9-20-19(24)16-6-10-22(11-7-16)14-18(23)21-13-17-15(2)8-12-25-17/h8,12,16H,3-7,9-11,13-14H2,1-2H3,(H,20,24)(H,21,23). The summed E-state index contributed by atoms with van der Waals surface area (Å²) in [5, 5.41) is 8.10. The van der Waals surface area contributed by atoms with Gasteiger partial charge in [-0.1, -0.05) is 19.8 Å². The summed E-state index contributed by atoms with van der Waals surface area (Å²) >= 11 is 1.68. The number of unbranched alkanes of at least 4 members (excludes halogenated alkanes) is 2.